The summed E-state index contributed by atoms with van der Waals surface area (Å²) in [5.74, 6) is 0. The zero-order chi connectivity index (χ0) is 17.4. The highest BCUT2D eigenvalue weighted by Crippen LogP contribution is 2.41. The Morgan fingerprint density at radius 2 is 1.40 bits per heavy atom. The molecule has 4 aromatic rings. The Morgan fingerprint density at radius 3 is 2.12 bits per heavy atom. The Labute approximate surface area is 147 Å². The first kappa shape index (κ1) is 15.9. The number of halogens is 3. The first-order chi connectivity index (χ1) is 12.0. The van der Waals surface area contributed by atoms with Crippen molar-refractivity contribution in [1.29, 1.82) is 0 Å². The molecule has 0 spiro atoms. The third-order valence-corrected chi connectivity index (χ3v) is 5.28. The van der Waals surface area contributed by atoms with Crippen LogP contribution in [0.4, 0.5) is 13.2 Å². The maximum Gasteiger partial charge on any atom is 0.417 e. The van der Waals surface area contributed by atoms with Gasteiger partial charge in [-0.1, -0.05) is 60.7 Å². The monoisotopic (exact) mass is 354 g/mol. The summed E-state index contributed by atoms with van der Waals surface area (Å²) in [6.45, 7) is 0. The van der Waals surface area contributed by atoms with Gasteiger partial charge in [0.1, 0.15) is 0 Å². The molecule has 1 aromatic heterocycles. The van der Waals surface area contributed by atoms with Gasteiger partial charge in [0.05, 0.1) is 5.56 Å². The zero-order valence-corrected chi connectivity index (χ0v) is 13.9. The maximum atomic E-state index is 13.6. The molecule has 0 aliphatic heterocycles. The molecule has 0 aliphatic carbocycles. The van der Waals surface area contributed by atoms with E-state index in [1.54, 1.807) is 42.5 Å². The molecule has 1 heterocycles. The van der Waals surface area contributed by atoms with Gasteiger partial charge in [-0.2, -0.15) is 13.2 Å². The van der Waals surface area contributed by atoms with Gasteiger partial charge in [0.15, 0.2) is 0 Å². The van der Waals surface area contributed by atoms with Gasteiger partial charge >= 0.3 is 6.18 Å². The fourth-order valence-corrected chi connectivity index (χ4v) is 3.98. The molecule has 3 aromatic carbocycles. The molecule has 0 unspecified atom stereocenters. The van der Waals surface area contributed by atoms with Crippen molar-refractivity contribution in [1.82, 2.24) is 0 Å². The van der Waals surface area contributed by atoms with Crippen molar-refractivity contribution in [3.63, 3.8) is 0 Å². The largest absolute Gasteiger partial charge is 0.417 e. The van der Waals surface area contributed by atoms with Crippen LogP contribution in [-0.4, -0.2) is 0 Å². The Morgan fingerprint density at radius 1 is 0.680 bits per heavy atom. The van der Waals surface area contributed by atoms with E-state index < -0.39 is 11.7 Å². The van der Waals surface area contributed by atoms with Crippen molar-refractivity contribution in [2.45, 2.75) is 6.18 Å². The second kappa shape index (κ2) is 6.05. The predicted octanol–water partition coefficient (Wildman–Crippen LogP) is 7.25. The zero-order valence-electron chi connectivity index (χ0n) is 13.0. The van der Waals surface area contributed by atoms with E-state index in [0.717, 1.165) is 15.0 Å². The lowest BCUT2D eigenvalue weighted by Gasteiger charge is -2.14. The molecule has 0 radical (unpaired) electrons. The molecule has 25 heavy (non-hydrogen) atoms. The molecule has 4 rings (SSSR count). The van der Waals surface area contributed by atoms with Gasteiger partial charge in [-0.3, -0.25) is 0 Å². The quantitative estimate of drug-likeness (QED) is 0.355. The summed E-state index contributed by atoms with van der Waals surface area (Å²) in [5, 5.41) is 1.04. The molecule has 0 saturated carbocycles. The minimum Gasteiger partial charge on any atom is -0.166 e. The topological polar surface area (TPSA) is 0 Å². The van der Waals surface area contributed by atoms with E-state index in [1.165, 1.54) is 17.4 Å². The minimum absolute atomic E-state index is 0.206. The SMILES string of the molecule is FC(F)(F)c1cc(-c2cc3ccccc3s2)ccc1-c1ccccc1. The normalized spacial score (nSPS) is 11.8. The van der Waals surface area contributed by atoms with Crippen LogP contribution in [0.1, 0.15) is 5.56 Å². The van der Waals surface area contributed by atoms with Gasteiger partial charge in [-0.25, -0.2) is 0 Å². The Balaban J connectivity index is 1.88. The van der Waals surface area contributed by atoms with E-state index in [1.807, 2.05) is 30.3 Å². The van der Waals surface area contributed by atoms with Crippen LogP contribution >= 0.6 is 11.3 Å². The van der Waals surface area contributed by atoms with Crippen LogP contribution in [0.5, 0.6) is 0 Å². The predicted molar refractivity (Wildman–Crippen MR) is 97.7 cm³/mol. The van der Waals surface area contributed by atoms with Crippen molar-refractivity contribution in [3.05, 3.63) is 84.4 Å². The van der Waals surface area contributed by atoms with E-state index in [9.17, 15) is 13.2 Å². The lowest BCUT2D eigenvalue weighted by atomic mass is 9.96. The fourth-order valence-electron chi connectivity index (χ4n) is 2.93. The van der Waals surface area contributed by atoms with Gasteiger partial charge in [0.2, 0.25) is 0 Å². The molecule has 0 bridgehead atoms. The Kier molecular flexibility index (Phi) is 3.85. The second-order valence-electron chi connectivity index (χ2n) is 5.77. The van der Waals surface area contributed by atoms with Crippen molar-refractivity contribution < 1.29 is 13.2 Å². The standard InChI is InChI=1S/C21H13F3S/c22-21(23,24)18-12-16(10-11-17(18)14-6-2-1-3-7-14)20-13-15-8-4-5-9-19(15)25-20/h1-13H. The van der Waals surface area contributed by atoms with E-state index in [2.05, 4.69) is 0 Å². The van der Waals surface area contributed by atoms with Crippen LogP contribution in [0.25, 0.3) is 31.7 Å². The highest BCUT2D eigenvalue weighted by Gasteiger charge is 2.34. The molecule has 0 N–H and O–H groups in total. The average molecular weight is 354 g/mol. The summed E-state index contributed by atoms with van der Waals surface area (Å²) in [5.41, 5.74) is 0.762. The molecule has 0 saturated heterocycles. The summed E-state index contributed by atoms with van der Waals surface area (Å²) < 4.78 is 42.0. The van der Waals surface area contributed by atoms with Crippen molar-refractivity contribution in [2.24, 2.45) is 0 Å². The minimum atomic E-state index is -4.40. The van der Waals surface area contributed by atoms with Crippen molar-refractivity contribution in [3.8, 4) is 21.6 Å². The van der Waals surface area contributed by atoms with Gasteiger partial charge in [-0.05, 0) is 40.3 Å². The number of fused-ring (bicyclic) bond motifs is 1. The van der Waals surface area contributed by atoms with Gasteiger partial charge in [-0.15, -0.1) is 11.3 Å². The van der Waals surface area contributed by atoms with Gasteiger partial charge < -0.3 is 0 Å². The number of hydrogen-bond donors (Lipinski definition) is 0. The summed E-state index contributed by atoms with van der Waals surface area (Å²) in [4.78, 5) is 0.839. The number of alkyl halides is 3. The van der Waals surface area contributed by atoms with E-state index >= 15 is 0 Å². The van der Waals surface area contributed by atoms with Crippen molar-refractivity contribution in [2.75, 3.05) is 0 Å². The summed E-state index contributed by atoms with van der Waals surface area (Å²) in [6.07, 6.45) is -4.40. The van der Waals surface area contributed by atoms with Crippen LogP contribution in [0.3, 0.4) is 0 Å². The number of hydrogen-bond acceptors (Lipinski definition) is 1. The molecule has 124 valence electrons. The maximum absolute atomic E-state index is 13.6. The van der Waals surface area contributed by atoms with Crippen LogP contribution in [0, 0.1) is 0 Å². The molecule has 4 heteroatoms. The van der Waals surface area contributed by atoms with Gasteiger partial charge in [0, 0.05) is 9.58 Å². The lowest BCUT2D eigenvalue weighted by Crippen LogP contribution is -2.07. The molecular formula is C21H13F3S. The number of benzene rings is 3. The highest BCUT2D eigenvalue weighted by molar-refractivity contribution is 7.22. The Bertz CT molecular complexity index is 997. The Hall–Kier alpha value is -2.59. The fraction of sp³-hybridized carbons (Fsp3) is 0.0476. The third-order valence-electron chi connectivity index (χ3n) is 4.12. The smallest absolute Gasteiger partial charge is 0.166 e. The molecule has 0 aliphatic rings. The molecule has 0 amide bonds. The van der Waals surface area contributed by atoms with Crippen LogP contribution in [0.2, 0.25) is 0 Å². The summed E-state index contributed by atoms with van der Waals surface area (Å²) in [6, 6.07) is 23.0. The molecule has 0 nitrogen and oxygen atoms in total. The van der Waals surface area contributed by atoms with Gasteiger partial charge in [0.25, 0.3) is 0 Å². The van der Waals surface area contributed by atoms with E-state index in [-0.39, 0.29) is 5.56 Å². The second-order valence-corrected chi connectivity index (χ2v) is 6.86. The lowest BCUT2D eigenvalue weighted by molar-refractivity contribution is -0.137. The van der Waals surface area contributed by atoms with Crippen LogP contribution in [0.15, 0.2) is 78.9 Å². The van der Waals surface area contributed by atoms with E-state index in [4.69, 9.17) is 0 Å². The van der Waals surface area contributed by atoms with E-state index in [0.29, 0.717) is 11.1 Å². The molecule has 0 atom stereocenters. The van der Waals surface area contributed by atoms with Crippen molar-refractivity contribution >= 4 is 21.4 Å². The number of thiophene rings is 1. The summed E-state index contributed by atoms with van der Waals surface area (Å²) in [7, 11) is 0. The first-order valence-corrected chi connectivity index (χ1v) is 8.60. The van der Waals surface area contributed by atoms with Crippen LogP contribution in [-0.2, 0) is 6.18 Å². The molecule has 0 fully saturated rings. The third kappa shape index (κ3) is 3.05. The number of rotatable bonds is 2. The average Bonchev–Trinajstić information content (AvgIpc) is 3.05. The summed E-state index contributed by atoms with van der Waals surface area (Å²) >= 11 is 1.50. The first-order valence-electron chi connectivity index (χ1n) is 7.78. The highest BCUT2D eigenvalue weighted by atomic mass is 32.1. The molecular weight excluding hydrogens is 341 g/mol. The van der Waals surface area contributed by atoms with Crippen LogP contribution < -0.4 is 0 Å².